The summed E-state index contributed by atoms with van der Waals surface area (Å²) in [7, 11) is 0. The van der Waals surface area contributed by atoms with Crippen molar-refractivity contribution in [3.05, 3.63) is 5.69 Å². The molecule has 108 valence electrons. The highest BCUT2D eigenvalue weighted by atomic mass is 15.3. The molecule has 3 N–H and O–H groups in total. The molecule has 1 atom stereocenters. The summed E-state index contributed by atoms with van der Waals surface area (Å²) in [6.07, 6.45) is 4.04. The molecule has 0 bridgehead atoms. The van der Waals surface area contributed by atoms with E-state index >= 15 is 0 Å². The van der Waals surface area contributed by atoms with Crippen molar-refractivity contribution in [3.8, 4) is 0 Å². The van der Waals surface area contributed by atoms with Crippen LogP contribution in [0.1, 0.15) is 38.8 Å². The largest absolute Gasteiger partial charge is 0.394 e. The maximum Gasteiger partial charge on any atom is 0.148 e. The second-order valence-corrected chi connectivity index (χ2v) is 5.49. The fourth-order valence-corrected chi connectivity index (χ4v) is 2.74. The number of nitrogen functional groups attached to an aromatic ring is 1. The van der Waals surface area contributed by atoms with E-state index in [1.54, 1.807) is 0 Å². The molecule has 1 aliphatic rings. The fourth-order valence-electron chi connectivity index (χ4n) is 2.74. The summed E-state index contributed by atoms with van der Waals surface area (Å²) < 4.78 is 1.95. The highest BCUT2D eigenvalue weighted by Gasteiger charge is 2.18. The maximum atomic E-state index is 6.08. The Kier molecular flexibility index (Phi) is 4.69. The molecule has 1 aliphatic heterocycles. The number of nitrogens with zero attached hydrogens (tertiary/aromatic N) is 3. The topological polar surface area (TPSA) is 59.1 Å². The van der Waals surface area contributed by atoms with Gasteiger partial charge in [0, 0.05) is 19.1 Å². The van der Waals surface area contributed by atoms with Crippen molar-refractivity contribution in [1.82, 2.24) is 14.7 Å². The molecular formula is C14H27N5. The van der Waals surface area contributed by atoms with Gasteiger partial charge in [-0.05, 0) is 46.7 Å². The van der Waals surface area contributed by atoms with Crippen LogP contribution >= 0.6 is 0 Å². The number of nitrogens with two attached hydrogens (primary N) is 1. The smallest absolute Gasteiger partial charge is 0.148 e. The van der Waals surface area contributed by atoms with Crippen LogP contribution in [0.25, 0.3) is 0 Å². The minimum atomic E-state index is 0.542. The van der Waals surface area contributed by atoms with Gasteiger partial charge < -0.3 is 11.1 Å². The summed E-state index contributed by atoms with van der Waals surface area (Å²) in [6.45, 7) is 10.6. The number of hydrogen-bond donors (Lipinski definition) is 2. The van der Waals surface area contributed by atoms with E-state index in [1.165, 1.54) is 32.4 Å². The predicted octanol–water partition coefficient (Wildman–Crippen LogP) is 2.08. The molecular weight excluding hydrogens is 238 g/mol. The number of likely N-dealkylation sites (tertiary alicyclic amines) is 1. The molecule has 1 aromatic heterocycles. The third kappa shape index (κ3) is 3.21. The highest BCUT2D eigenvalue weighted by Crippen LogP contribution is 2.22. The van der Waals surface area contributed by atoms with Crippen LogP contribution in [-0.4, -0.2) is 40.4 Å². The molecule has 0 amide bonds. The first kappa shape index (κ1) is 14.2. The summed E-state index contributed by atoms with van der Waals surface area (Å²) in [5, 5.41) is 7.92. The van der Waals surface area contributed by atoms with Crippen molar-refractivity contribution in [2.24, 2.45) is 0 Å². The molecule has 0 spiro atoms. The molecule has 5 heteroatoms. The summed E-state index contributed by atoms with van der Waals surface area (Å²) in [4.78, 5) is 2.56. The van der Waals surface area contributed by atoms with Crippen LogP contribution in [0.15, 0.2) is 0 Å². The maximum absolute atomic E-state index is 6.08. The Hall–Kier alpha value is -1.23. The standard InChI is InChI=1S/C14H27N5/c1-4-19-14(13(15)12(3)17-19)16-10-11(2)18-8-6-5-7-9-18/h11,16H,4-10,15H2,1-3H3. The third-order valence-electron chi connectivity index (χ3n) is 4.05. The van der Waals surface area contributed by atoms with Crippen LogP contribution in [0.2, 0.25) is 0 Å². The van der Waals surface area contributed by atoms with E-state index in [-0.39, 0.29) is 0 Å². The molecule has 2 rings (SSSR count). The van der Waals surface area contributed by atoms with Crippen molar-refractivity contribution in [3.63, 3.8) is 0 Å². The highest BCUT2D eigenvalue weighted by molar-refractivity contribution is 5.64. The molecule has 1 saturated heterocycles. The second kappa shape index (κ2) is 6.28. The number of piperidine rings is 1. The Bertz CT molecular complexity index is 406. The zero-order valence-corrected chi connectivity index (χ0v) is 12.4. The molecule has 0 aliphatic carbocycles. The van der Waals surface area contributed by atoms with E-state index in [0.717, 1.165) is 30.3 Å². The van der Waals surface area contributed by atoms with Gasteiger partial charge in [0.2, 0.25) is 0 Å². The van der Waals surface area contributed by atoms with E-state index in [0.29, 0.717) is 6.04 Å². The van der Waals surface area contributed by atoms with Gasteiger partial charge in [0.15, 0.2) is 0 Å². The van der Waals surface area contributed by atoms with Gasteiger partial charge in [-0.2, -0.15) is 5.10 Å². The second-order valence-electron chi connectivity index (χ2n) is 5.49. The number of anilines is 2. The molecule has 5 nitrogen and oxygen atoms in total. The summed E-state index contributed by atoms with van der Waals surface area (Å²) in [6, 6.07) is 0.542. The van der Waals surface area contributed by atoms with Gasteiger partial charge in [0.1, 0.15) is 5.82 Å². The Morgan fingerprint density at radius 1 is 1.32 bits per heavy atom. The summed E-state index contributed by atoms with van der Waals surface area (Å²) >= 11 is 0. The first-order valence-electron chi connectivity index (χ1n) is 7.44. The number of aromatic nitrogens is 2. The minimum Gasteiger partial charge on any atom is -0.394 e. The van der Waals surface area contributed by atoms with Crippen molar-refractivity contribution < 1.29 is 0 Å². The van der Waals surface area contributed by atoms with Crippen LogP contribution < -0.4 is 11.1 Å². The molecule has 1 unspecified atom stereocenters. The Morgan fingerprint density at radius 3 is 2.63 bits per heavy atom. The third-order valence-corrected chi connectivity index (χ3v) is 4.05. The lowest BCUT2D eigenvalue weighted by Gasteiger charge is -2.32. The molecule has 1 aromatic rings. The average molecular weight is 265 g/mol. The molecule has 2 heterocycles. The molecule has 0 saturated carbocycles. The lowest BCUT2D eigenvalue weighted by molar-refractivity contribution is 0.180. The van der Waals surface area contributed by atoms with E-state index in [4.69, 9.17) is 5.73 Å². The van der Waals surface area contributed by atoms with Crippen molar-refractivity contribution in [1.29, 1.82) is 0 Å². The lowest BCUT2D eigenvalue weighted by atomic mass is 10.1. The van der Waals surface area contributed by atoms with Gasteiger partial charge in [-0.3, -0.25) is 4.90 Å². The van der Waals surface area contributed by atoms with Crippen LogP contribution in [-0.2, 0) is 6.54 Å². The summed E-state index contributed by atoms with van der Waals surface area (Å²) in [5.41, 5.74) is 7.78. The molecule has 19 heavy (non-hydrogen) atoms. The minimum absolute atomic E-state index is 0.542. The molecule has 1 fully saturated rings. The van der Waals surface area contributed by atoms with E-state index < -0.39 is 0 Å². The van der Waals surface area contributed by atoms with Gasteiger partial charge in [0.05, 0.1) is 11.4 Å². The van der Waals surface area contributed by atoms with Crippen LogP contribution in [0.3, 0.4) is 0 Å². The SMILES string of the molecule is CCn1nc(C)c(N)c1NCC(C)N1CCCCC1. The Balaban J connectivity index is 1.94. The Labute approximate surface area is 116 Å². The van der Waals surface area contributed by atoms with Gasteiger partial charge >= 0.3 is 0 Å². The Morgan fingerprint density at radius 2 is 2.00 bits per heavy atom. The van der Waals surface area contributed by atoms with Crippen molar-refractivity contribution in [2.75, 3.05) is 30.7 Å². The zero-order chi connectivity index (χ0) is 13.8. The number of rotatable bonds is 5. The van der Waals surface area contributed by atoms with Crippen LogP contribution in [0, 0.1) is 6.92 Å². The van der Waals surface area contributed by atoms with E-state index in [2.05, 4.69) is 29.2 Å². The van der Waals surface area contributed by atoms with Crippen molar-refractivity contribution in [2.45, 2.75) is 52.6 Å². The fraction of sp³-hybridized carbons (Fsp3) is 0.786. The number of aryl methyl sites for hydroxylation is 2. The first-order chi connectivity index (χ1) is 9.13. The monoisotopic (exact) mass is 265 g/mol. The quantitative estimate of drug-likeness (QED) is 0.856. The van der Waals surface area contributed by atoms with Gasteiger partial charge in [-0.15, -0.1) is 0 Å². The van der Waals surface area contributed by atoms with Gasteiger partial charge in [-0.1, -0.05) is 6.42 Å². The van der Waals surface area contributed by atoms with Crippen LogP contribution in [0.5, 0.6) is 0 Å². The molecule has 0 aromatic carbocycles. The van der Waals surface area contributed by atoms with Crippen molar-refractivity contribution >= 4 is 11.5 Å². The molecule has 0 radical (unpaired) electrons. The van der Waals surface area contributed by atoms with Gasteiger partial charge in [0.25, 0.3) is 0 Å². The lowest BCUT2D eigenvalue weighted by Crippen LogP contribution is -2.41. The summed E-state index contributed by atoms with van der Waals surface area (Å²) in [5.74, 6) is 0.976. The average Bonchev–Trinajstić information content (AvgIpc) is 2.72. The van der Waals surface area contributed by atoms with E-state index in [1.807, 2.05) is 11.6 Å². The number of hydrogen-bond acceptors (Lipinski definition) is 4. The number of nitrogens with one attached hydrogen (secondary N) is 1. The zero-order valence-electron chi connectivity index (χ0n) is 12.4. The predicted molar refractivity (Wildman–Crippen MR) is 80.4 cm³/mol. The van der Waals surface area contributed by atoms with Gasteiger partial charge in [-0.25, -0.2) is 4.68 Å². The normalized spacial score (nSPS) is 18.5. The first-order valence-corrected chi connectivity index (χ1v) is 7.44. The van der Waals surface area contributed by atoms with Crippen LogP contribution in [0.4, 0.5) is 11.5 Å². The van der Waals surface area contributed by atoms with E-state index in [9.17, 15) is 0 Å².